The molecule has 0 saturated heterocycles. The molecule has 0 amide bonds. The minimum absolute atomic E-state index is 0.464. The second-order valence-corrected chi connectivity index (χ2v) is 12.9. The zero-order valence-electron chi connectivity index (χ0n) is 28.0. The lowest BCUT2D eigenvalue weighted by Crippen LogP contribution is -2.26. The van der Waals surface area contributed by atoms with Gasteiger partial charge in [0.25, 0.3) is 0 Å². The topological polar surface area (TPSA) is 79.2 Å². The summed E-state index contributed by atoms with van der Waals surface area (Å²) in [6.07, 6.45) is 1.63. The van der Waals surface area contributed by atoms with Crippen LogP contribution in [0.25, 0.3) is 33.2 Å². The normalized spacial score (nSPS) is 11.4. The van der Waals surface area contributed by atoms with E-state index in [2.05, 4.69) is 132 Å². The molecule has 0 aliphatic rings. The number of anilines is 2. The first kappa shape index (κ1) is 34.1. The van der Waals surface area contributed by atoms with Crippen LogP contribution in [0.2, 0.25) is 5.02 Å². The van der Waals surface area contributed by atoms with Crippen LogP contribution in [0.1, 0.15) is 22.3 Å². The largest absolute Gasteiger partial charge is 0.352 e. The van der Waals surface area contributed by atoms with Crippen LogP contribution in [0, 0.1) is 18.3 Å². The van der Waals surface area contributed by atoms with E-state index in [4.69, 9.17) is 11.6 Å². The second kappa shape index (κ2) is 16.0. The molecule has 0 fully saturated rings. The minimum Gasteiger partial charge on any atom is -0.352 e. The Morgan fingerprint density at radius 2 is 1.26 bits per heavy atom. The van der Waals surface area contributed by atoms with Crippen molar-refractivity contribution in [2.75, 3.05) is 59.7 Å². The number of hydrogen-bond acceptors (Lipinski definition) is 7. The molecule has 242 valence electrons. The number of nitriles is 1. The van der Waals surface area contributed by atoms with E-state index in [1.54, 1.807) is 6.20 Å². The van der Waals surface area contributed by atoms with Crippen molar-refractivity contribution in [3.05, 3.63) is 112 Å². The molecule has 3 N–H and O–H groups in total. The summed E-state index contributed by atoms with van der Waals surface area (Å²) in [5.74, 6) is 0. The number of aromatic nitrogens is 1. The van der Waals surface area contributed by atoms with Crippen LogP contribution >= 0.6 is 11.6 Å². The molecular formula is C39H44ClN7. The Balaban J connectivity index is 1.33. The third-order valence-corrected chi connectivity index (χ3v) is 8.53. The first-order chi connectivity index (χ1) is 22.7. The summed E-state index contributed by atoms with van der Waals surface area (Å²) in [6, 6.07) is 29.8. The van der Waals surface area contributed by atoms with Crippen LogP contribution in [0.5, 0.6) is 0 Å². The van der Waals surface area contributed by atoms with Crippen molar-refractivity contribution in [1.29, 1.82) is 5.26 Å². The van der Waals surface area contributed by atoms with Gasteiger partial charge in [0.1, 0.15) is 6.07 Å². The van der Waals surface area contributed by atoms with Gasteiger partial charge in [-0.25, -0.2) is 0 Å². The number of rotatable bonds is 14. The fourth-order valence-electron chi connectivity index (χ4n) is 5.49. The molecule has 0 unspecified atom stereocenters. The number of fused-ring (bicyclic) bond motifs is 1. The Morgan fingerprint density at radius 3 is 1.79 bits per heavy atom. The van der Waals surface area contributed by atoms with Gasteiger partial charge in [-0.3, -0.25) is 4.98 Å². The fourth-order valence-corrected chi connectivity index (χ4v) is 5.80. The molecular weight excluding hydrogens is 602 g/mol. The van der Waals surface area contributed by atoms with Crippen molar-refractivity contribution in [2.45, 2.75) is 20.0 Å². The standard InChI is InChI=1S/C39H44ClN7/c1-27-20-33(31-12-8-29(9-13-31)25-43-17-19-47(4)5)21-36(40)38(27)45-39-34(23-41)26-44-37-22-32(14-15-35(37)39)30-10-6-28(7-11-30)24-42-16-18-46(2)3/h6-15,20-22,26,42-43H,16-19,24-25H2,1-5H3,(H,44,45). The second-order valence-electron chi connectivity index (χ2n) is 12.5. The molecule has 0 spiro atoms. The van der Waals surface area contributed by atoms with Gasteiger partial charge in [0.15, 0.2) is 0 Å². The molecule has 4 aromatic carbocycles. The van der Waals surface area contributed by atoms with Crippen molar-refractivity contribution in [3.63, 3.8) is 0 Å². The Morgan fingerprint density at radius 1 is 0.702 bits per heavy atom. The zero-order chi connectivity index (χ0) is 33.3. The van der Waals surface area contributed by atoms with Crippen LogP contribution in [-0.4, -0.2) is 69.2 Å². The number of likely N-dealkylation sites (N-methyl/N-ethyl adjacent to an activating group) is 2. The molecule has 0 bridgehead atoms. The lowest BCUT2D eigenvalue weighted by molar-refractivity contribution is 0.400. The molecule has 47 heavy (non-hydrogen) atoms. The molecule has 1 aromatic heterocycles. The SMILES string of the molecule is Cc1cc(-c2ccc(CNCCN(C)C)cc2)cc(Cl)c1Nc1c(C#N)cnc2cc(-c3ccc(CNCCN(C)C)cc3)ccc12. The van der Waals surface area contributed by atoms with E-state index in [0.717, 1.165) is 83.7 Å². The third kappa shape index (κ3) is 8.95. The minimum atomic E-state index is 0.464. The maximum Gasteiger partial charge on any atom is 0.103 e. The highest BCUT2D eigenvalue weighted by Crippen LogP contribution is 2.38. The molecule has 5 aromatic rings. The summed E-state index contributed by atoms with van der Waals surface area (Å²) in [7, 11) is 8.32. The molecule has 0 aliphatic carbocycles. The van der Waals surface area contributed by atoms with Crippen molar-refractivity contribution < 1.29 is 0 Å². The van der Waals surface area contributed by atoms with Crippen LogP contribution in [-0.2, 0) is 13.1 Å². The number of pyridine rings is 1. The van der Waals surface area contributed by atoms with Crippen molar-refractivity contribution in [2.24, 2.45) is 0 Å². The summed E-state index contributed by atoms with van der Waals surface area (Å²) in [5, 5.41) is 21.9. The summed E-state index contributed by atoms with van der Waals surface area (Å²) in [5.41, 5.74) is 10.6. The molecule has 5 rings (SSSR count). The fraction of sp³-hybridized carbons (Fsp3) is 0.282. The molecule has 0 radical (unpaired) electrons. The maximum absolute atomic E-state index is 9.99. The van der Waals surface area contributed by atoms with Gasteiger partial charge in [-0.05, 0) is 92.3 Å². The number of halogens is 1. The molecule has 0 atom stereocenters. The van der Waals surface area contributed by atoms with Gasteiger partial charge in [0, 0.05) is 50.9 Å². The van der Waals surface area contributed by atoms with Crippen LogP contribution in [0.15, 0.2) is 85.1 Å². The van der Waals surface area contributed by atoms with Crippen molar-refractivity contribution in [1.82, 2.24) is 25.4 Å². The predicted octanol–water partition coefficient (Wildman–Crippen LogP) is 7.45. The highest BCUT2D eigenvalue weighted by Gasteiger charge is 2.15. The number of nitrogens with one attached hydrogen (secondary N) is 3. The van der Waals surface area contributed by atoms with Gasteiger partial charge >= 0.3 is 0 Å². The lowest BCUT2D eigenvalue weighted by atomic mass is 9.99. The monoisotopic (exact) mass is 645 g/mol. The number of hydrogen-bond donors (Lipinski definition) is 3. The molecule has 8 heteroatoms. The highest BCUT2D eigenvalue weighted by atomic mass is 35.5. The zero-order valence-corrected chi connectivity index (χ0v) is 28.7. The smallest absolute Gasteiger partial charge is 0.103 e. The average molecular weight is 646 g/mol. The van der Waals surface area contributed by atoms with Crippen LogP contribution in [0.3, 0.4) is 0 Å². The summed E-state index contributed by atoms with van der Waals surface area (Å²) < 4.78 is 0. The number of aryl methyl sites for hydroxylation is 1. The molecule has 7 nitrogen and oxygen atoms in total. The van der Waals surface area contributed by atoms with Gasteiger partial charge in [-0.1, -0.05) is 72.3 Å². The Hall–Kier alpha value is -4.29. The summed E-state index contributed by atoms with van der Waals surface area (Å²) in [4.78, 5) is 8.98. The van der Waals surface area contributed by atoms with Crippen LogP contribution in [0.4, 0.5) is 11.4 Å². The van der Waals surface area contributed by atoms with Gasteiger partial charge in [0.05, 0.1) is 27.5 Å². The summed E-state index contributed by atoms with van der Waals surface area (Å²) in [6.45, 7) is 7.62. The first-order valence-electron chi connectivity index (χ1n) is 16.0. The third-order valence-electron chi connectivity index (χ3n) is 8.23. The van der Waals surface area contributed by atoms with Crippen molar-refractivity contribution in [3.8, 4) is 28.3 Å². The van der Waals surface area contributed by atoms with Crippen LogP contribution < -0.4 is 16.0 Å². The van der Waals surface area contributed by atoms with E-state index < -0.39 is 0 Å². The van der Waals surface area contributed by atoms with Gasteiger partial charge in [0.2, 0.25) is 0 Å². The first-order valence-corrected chi connectivity index (χ1v) is 16.4. The molecule has 1 heterocycles. The Labute approximate surface area is 284 Å². The summed E-state index contributed by atoms with van der Waals surface area (Å²) >= 11 is 6.91. The van der Waals surface area contributed by atoms with E-state index in [9.17, 15) is 5.26 Å². The highest BCUT2D eigenvalue weighted by molar-refractivity contribution is 6.34. The predicted molar refractivity (Wildman–Crippen MR) is 197 cm³/mol. The quantitative estimate of drug-likeness (QED) is 0.108. The number of nitrogens with zero attached hydrogens (tertiary/aromatic N) is 4. The van der Waals surface area contributed by atoms with Gasteiger partial charge in [-0.15, -0.1) is 0 Å². The van der Waals surface area contributed by atoms with Gasteiger partial charge in [-0.2, -0.15) is 5.26 Å². The lowest BCUT2D eigenvalue weighted by Gasteiger charge is -2.17. The molecule has 0 aliphatic heterocycles. The van der Waals surface area contributed by atoms with E-state index in [1.165, 1.54) is 11.1 Å². The van der Waals surface area contributed by atoms with E-state index in [-0.39, 0.29) is 0 Å². The van der Waals surface area contributed by atoms with Gasteiger partial charge < -0.3 is 25.8 Å². The van der Waals surface area contributed by atoms with Crippen molar-refractivity contribution >= 4 is 33.9 Å². The Bertz CT molecular complexity index is 1820. The average Bonchev–Trinajstić information content (AvgIpc) is 3.06. The van der Waals surface area contributed by atoms with E-state index >= 15 is 0 Å². The molecule has 0 saturated carbocycles. The number of benzene rings is 4. The van der Waals surface area contributed by atoms with E-state index in [1.807, 2.05) is 19.1 Å². The van der Waals surface area contributed by atoms with E-state index in [0.29, 0.717) is 16.3 Å². The Kier molecular flexibility index (Phi) is 11.6. The maximum atomic E-state index is 9.99.